The van der Waals surface area contributed by atoms with E-state index in [1.807, 2.05) is 0 Å². The van der Waals surface area contributed by atoms with E-state index in [9.17, 15) is 14.3 Å². The van der Waals surface area contributed by atoms with Crippen molar-refractivity contribution in [1.82, 2.24) is 0 Å². The van der Waals surface area contributed by atoms with Gasteiger partial charge in [0.25, 0.3) is 0 Å². The number of aromatic carboxylic acids is 1. The van der Waals surface area contributed by atoms with Crippen molar-refractivity contribution in [3.63, 3.8) is 0 Å². The zero-order valence-corrected chi connectivity index (χ0v) is 7.80. The summed E-state index contributed by atoms with van der Waals surface area (Å²) in [5, 5.41) is 17.4. The lowest BCUT2D eigenvalue weighted by Crippen LogP contribution is -2.04. The quantitative estimate of drug-likeness (QED) is 0.799. The van der Waals surface area contributed by atoms with Gasteiger partial charge in [0, 0.05) is 6.07 Å². The second-order valence-corrected chi connectivity index (χ2v) is 2.81. The molecule has 0 amide bonds. The monoisotopic (exact) mass is 220 g/mol. The van der Waals surface area contributed by atoms with Crippen LogP contribution in [0, 0.1) is 5.82 Å². The number of aromatic hydroxyl groups is 1. The molecule has 0 unspecified atom stereocenters. The molecule has 0 radical (unpaired) electrons. The normalized spacial score (nSPS) is 9.93. The van der Waals surface area contributed by atoms with Gasteiger partial charge in [-0.2, -0.15) is 0 Å². The van der Waals surface area contributed by atoms with Gasteiger partial charge < -0.3 is 14.9 Å². The van der Waals surface area contributed by atoms with Gasteiger partial charge in [0.05, 0.1) is 12.1 Å². The van der Waals surface area contributed by atoms with Crippen LogP contribution in [0.2, 0.25) is 5.02 Å². The number of carbonyl (C=O) groups is 1. The number of hydrogen-bond acceptors (Lipinski definition) is 3. The highest BCUT2D eigenvalue weighted by Gasteiger charge is 2.23. The van der Waals surface area contributed by atoms with Gasteiger partial charge in [-0.1, -0.05) is 11.6 Å². The molecule has 0 aliphatic carbocycles. The van der Waals surface area contributed by atoms with Gasteiger partial charge >= 0.3 is 5.97 Å². The lowest BCUT2D eigenvalue weighted by molar-refractivity contribution is 0.0687. The first-order valence-electron chi connectivity index (χ1n) is 3.47. The van der Waals surface area contributed by atoms with Crippen LogP contribution in [0.4, 0.5) is 4.39 Å². The predicted octanol–water partition coefficient (Wildman–Crippen LogP) is 1.89. The van der Waals surface area contributed by atoms with Crippen LogP contribution >= 0.6 is 11.6 Å². The van der Waals surface area contributed by atoms with Crippen LogP contribution in [0.5, 0.6) is 11.5 Å². The van der Waals surface area contributed by atoms with Crippen LogP contribution in [0.25, 0.3) is 0 Å². The number of phenolic OH excluding ortho intramolecular Hbond substituents is 1. The molecule has 0 saturated carbocycles. The molecule has 1 aromatic rings. The van der Waals surface area contributed by atoms with E-state index < -0.39 is 33.9 Å². The highest BCUT2D eigenvalue weighted by molar-refractivity contribution is 6.31. The minimum atomic E-state index is -1.56. The summed E-state index contributed by atoms with van der Waals surface area (Å²) in [6.45, 7) is 0. The maximum atomic E-state index is 13.2. The van der Waals surface area contributed by atoms with E-state index in [1.54, 1.807) is 0 Å². The van der Waals surface area contributed by atoms with E-state index in [4.69, 9.17) is 16.7 Å². The molecule has 1 rings (SSSR count). The molecule has 6 heteroatoms. The van der Waals surface area contributed by atoms with Gasteiger partial charge in [-0.25, -0.2) is 9.18 Å². The van der Waals surface area contributed by atoms with Crippen LogP contribution in [-0.2, 0) is 0 Å². The van der Waals surface area contributed by atoms with Crippen LogP contribution in [0.3, 0.4) is 0 Å². The number of rotatable bonds is 2. The maximum Gasteiger partial charge on any atom is 0.342 e. The van der Waals surface area contributed by atoms with Crippen LogP contribution < -0.4 is 4.74 Å². The van der Waals surface area contributed by atoms with E-state index in [0.717, 1.165) is 13.2 Å². The number of carboxylic acid groups (broad SMARTS) is 1. The summed E-state index contributed by atoms with van der Waals surface area (Å²) < 4.78 is 17.7. The van der Waals surface area contributed by atoms with Crippen molar-refractivity contribution in [2.75, 3.05) is 7.11 Å². The molecule has 0 aliphatic heterocycles. The molecule has 1 aromatic carbocycles. The van der Waals surface area contributed by atoms with Gasteiger partial charge in [-0.3, -0.25) is 0 Å². The molecular weight excluding hydrogens is 215 g/mol. The van der Waals surface area contributed by atoms with Gasteiger partial charge in [0.15, 0.2) is 17.3 Å². The maximum absolute atomic E-state index is 13.2. The van der Waals surface area contributed by atoms with Crippen molar-refractivity contribution >= 4 is 17.6 Å². The SMILES string of the molecule is COc1c(O)cc(Cl)c(F)c1C(=O)O. The number of benzene rings is 1. The van der Waals surface area contributed by atoms with E-state index in [2.05, 4.69) is 4.74 Å². The summed E-state index contributed by atoms with van der Waals surface area (Å²) >= 11 is 5.34. The van der Waals surface area contributed by atoms with Crippen molar-refractivity contribution in [3.05, 3.63) is 22.5 Å². The number of methoxy groups -OCH3 is 1. The Morgan fingerprint density at radius 2 is 2.21 bits per heavy atom. The zero-order valence-electron chi connectivity index (χ0n) is 7.04. The van der Waals surface area contributed by atoms with Crippen molar-refractivity contribution in [1.29, 1.82) is 0 Å². The molecule has 0 heterocycles. The van der Waals surface area contributed by atoms with Gasteiger partial charge in [0.2, 0.25) is 0 Å². The third kappa shape index (κ3) is 1.58. The molecule has 0 saturated heterocycles. The number of hydrogen-bond donors (Lipinski definition) is 2. The summed E-state index contributed by atoms with van der Waals surface area (Å²) in [5.41, 5.74) is -0.780. The van der Waals surface area contributed by atoms with Crippen LogP contribution in [0.1, 0.15) is 10.4 Å². The number of ether oxygens (including phenoxy) is 1. The minimum absolute atomic E-state index is 0.445. The van der Waals surface area contributed by atoms with Gasteiger partial charge in [0.1, 0.15) is 5.56 Å². The Bertz CT molecular complexity index is 391. The summed E-state index contributed by atoms with van der Waals surface area (Å²) in [7, 11) is 1.12. The first-order valence-corrected chi connectivity index (χ1v) is 3.85. The second-order valence-electron chi connectivity index (χ2n) is 2.40. The lowest BCUT2D eigenvalue weighted by atomic mass is 10.1. The number of phenols is 1. The predicted molar refractivity (Wildman–Crippen MR) is 46.6 cm³/mol. The highest BCUT2D eigenvalue weighted by Crippen LogP contribution is 2.36. The lowest BCUT2D eigenvalue weighted by Gasteiger charge is -2.08. The van der Waals surface area contributed by atoms with E-state index >= 15 is 0 Å². The molecule has 0 aromatic heterocycles. The van der Waals surface area contributed by atoms with E-state index in [-0.39, 0.29) is 0 Å². The van der Waals surface area contributed by atoms with Crippen molar-refractivity contribution in [3.8, 4) is 11.5 Å². The number of halogens is 2. The molecule has 2 N–H and O–H groups in total. The Labute approximate surface area is 83.5 Å². The van der Waals surface area contributed by atoms with Crippen molar-refractivity contribution in [2.24, 2.45) is 0 Å². The summed E-state index contributed by atoms with van der Waals surface area (Å²) in [5.74, 6) is -3.65. The average Bonchev–Trinajstić information content (AvgIpc) is 2.10. The first-order chi connectivity index (χ1) is 6.49. The van der Waals surface area contributed by atoms with Crippen molar-refractivity contribution < 1.29 is 24.1 Å². The average molecular weight is 221 g/mol. The van der Waals surface area contributed by atoms with Crippen LogP contribution in [-0.4, -0.2) is 23.3 Å². The molecule has 0 bridgehead atoms. The Morgan fingerprint density at radius 1 is 1.64 bits per heavy atom. The standard InChI is InChI=1S/C8H6ClFO4/c1-14-7-4(11)2-3(9)6(10)5(7)8(12)13/h2,11H,1H3,(H,12,13). The molecule has 0 atom stereocenters. The summed E-state index contributed by atoms with van der Waals surface area (Å²) in [6, 6.07) is 0.877. The molecular formula is C8H6ClFO4. The van der Waals surface area contributed by atoms with E-state index in [0.29, 0.717) is 0 Å². The first kappa shape index (κ1) is 10.6. The Morgan fingerprint density at radius 3 is 2.64 bits per heavy atom. The van der Waals surface area contributed by atoms with Crippen LogP contribution in [0.15, 0.2) is 6.07 Å². The fourth-order valence-electron chi connectivity index (χ4n) is 0.994. The third-order valence-corrected chi connectivity index (χ3v) is 1.85. The molecule has 0 fully saturated rings. The Hall–Kier alpha value is -1.49. The zero-order chi connectivity index (χ0) is 10.9. The fraction of sp³-hybridized carbons (Fsp3) is 0.125. The molecule has 4 nitrogen and oxygen atoms in total. The van der Waals surface area contributed by atoms with Gasteiger partial charge in [-0.05, 0) is 0 Å². The summed E-state index contributed by atoms with van der Waals surface area (Å²) in [4.78, 5) is 10.6. The number of carboxylic acids is 1. The minimum Gasteiger partial charge on any atom is -0.504 e. The Balaban J connectivity index is 3.56. The largest absolute Gasteiger partial charge is 0.504 e. The van der Waals surface area contributed by atoms with Gasteiger partial charge in [-0.15, -0.1) is 0 Å². The topological polar surface area (TPSA) is 66.8 Å². The molecule has 14 heavy (non-hydrogen) atoms. The summed E-state index contributed by atoms with van der Waals surface area (Å²) in [6.07, 6.45) is 0. The Kier molecular flexibility index (Phi) is 2.81. The smallest absolute Gasteiger partial charge is 0.342 e. The molecule has 76 valence electrons. The van der Waals surface area contributed by atoms with Crippen molar-refractivity contribution in [2.45, 2.75) is 0 Å². The van der Waals surface area contributed by atoms with E-state index in [1.165, 1.54) is 0 Å². The highest BCUT2D eigenvalue weighted by atomic mass is 35.5. The second kappa shape index (κ2) is 3.71. The molecule has 0 aliphatic rings. The fourth-order valence-corrected chi connectivity index (χ4v) is 1.19. The molecule has 0 spiro atoms. The third-order valence-electron chi connectivity index (χ3n) is 1.57.